The normalized spacial score (nSPS) is 26.1. The third kappa shape index (κ3) is 4.74. The molecule has 2 atom stereocenters. The molecule has 2 amide bonds. The van der Waals surface area contributed by atoms with E-state index in [0.717, 1.165) is 55.8 Å². The van der Waals surface area contributed by atoms with Crippen LogP contribution in [0.15, 0.2) is 24.3 Å². The summed E-state index contributed by atoms with van der Waals surface area (Å²) in [6.45, 7) is 3.29. The van der Waals surface area contributed by atoms with Gasteiger partial charge in [-0.1, -0.05) is 11.6 Å². The first-order valence-corrected chi connectivity index (χ1v) is 14.2. The van der Waals surface area contributed by atoms with E-state index in [2.05, 4.69) is 15.2 Å². The van der Waals surface area contributed by atoms with E-state index in [0.29, 0.717) is 48.4 Å². The summed E-state index contributed by atoms with van der Waals surface area (Å²) in [5.74, 6) is 1.93. The first kappa shape index (κ1) is 25.8. The Labute approximate surface area is 237 Å². The van der Waals surface area contributed by atoms with Crippen LogP contribution < -0.4 is 31.2 Å². The number of carbonyl (C=O) groups excluding carboxylic acids is 2. The van der Waals surface area contributed by atoms with Gasteiger partial charge < -0.3 is 35.9 Å². The summed E-state index contributed by atoms with van der Waals surface area (Å²) in [5.41, 5.74) is 14.3. The number of aromatic nitrogens is 1. The molecule has 3 aliphatic heterocycles. The zero-order chi connectivity index (χ0) is 27.6. The van der Waals surface area contributed by atoms with Crippen molar-refractivity contribution in [3.63, 3.8) is 0 Å². The Morgan fingerprint density at radius 1 is 1.18 bits per heavy atom. The Morgan fingerprint density at radius 3 is 2.75 bits per heavy atom. The van der Waals surface area contributed by atoms with Crippen LogP contribution in [0, 0.1) is 5.92 Å². The van der Waals surface area contributed by atoms with Crippen LogP contribution in [-0.4, -0.2) is 72.4 Å². The first-order valence-electron chi connectivity index (χ1n) is 13.9. The van der Waals surface area contributed by atoms with Crippen LogP contribution in [0.2, 0.25) is 5.02 Å². The van der Waals surface area contributed by atoms with Crippen LogP contribution in [0.4, 0.5) is 16.4 Å². The van der Waals surface area contributed by atoms with Crippen molar-refractivity contribution in [2.24, 2.45) is 17.4 Å². The number of hydrogen-bond acceptors (Lipinski definition) is 9. The largest absolute Gasteiger partial charge is 0.492 e. The van der Waals surface area contributed by atoms with Gasteiger partial charge in [-0.2, -0.15) is 0 Å². The second kappa shape index (κ2) is 9.47. The van der Waals surface area contributed by atoms with E-state index in [9.17, 15) is 9.59 Å². The van der Waals surface area contributed by atoms with Crippen molar-refractivity contribution in [1.29, 1.82) is 0 Å². The summed E-state index contributed by atoms with van der Waals surface area (Å²) >= 11 is 6.65. The van der Waals surface area contributed by atoms with Crippen LogP contribution in [0.25, 0.3) is 0 Å². The number of piperidine rings is 1. The number of halogens is 1. The lowest BCUT2D eigenvalue weighted by Crippen LogP contribution is -2.48. The Balaban J connectivity index is 0.967. The summed E-state index contributed by atoms with van der Waals surface area (Å²) in [7, 11) is 0. The van der Waals surface area contributed by atoms with Crippen LogP contribution in [0.1, 0.15) is 42.9 Å². The minimum absolute atomic E-state index is 0.0465. The van der Waals surface area contributed by atoms with Crippen molar-refractivity contribution >= 4 is 35.2 Å². The Bertz CT molecular complexity index is 1380. The highest BCUT2D eigenvalue weighted by Gasteiger charge is 2.48. The molecule has 7 rings (SSSR count). The molecule has 2 aliphatic carbocycles. The zero-order valence-electron chi connectivity index (χ0n) is 22.2. The van der Waals surface area contributed by atoms with Crippen molar-refractivity contribution in [1.82, 2.24) is 9.88 Å². The number of amides is 2. The number of nitrogens with one attached hydrogen (secondary N) is 1. The van der Waals surface area contributed by atoms with E-state index in [1.165, 1.54) is 4.90 Å². The molecule has 3 fully saturated rings. The van der Waals surface area contributed by atoms with E-state index >= 15 is 0 Å². The zero-order valence-corrected chi connectivity index (χ0v) is 22.9. The molecule has 0 radical (unpaired) electrons. The van der Waals surface area contributed by atoms with Crippen LogP contribution in [0.3, 0.4) is 0 Å². The fourth-order valence-corrected chi connectivity index (χ4v) is 6.51. The van der Waals surface area contributed by atoms with Crippen molar-refractivity contribution in [2.75, 3.05) is 49.6 Å². The van der Waals surface area contributed by atoms with E-state index in [1.54, 1.807) is 12.1 Å². The van der Waals surface area contributed by atoms with Gasteiger partial charge in [-0.3, -0.25) is 9.69 Å². The maximum atomic E-state index is 12.9. The van der Waals surface area contributed by atoms with E-state index in [1.807, 2.05) is 12.1 Å². The van der Waals surface area contributed by atoms with Gasteiger partial charge in [-0.05, 0) is 60.6 Å². The van der Waals surface area contributed by atoms with Crippen LogP contribution in [0.5, 0.6) is 11.5 Å². The Hall–Kier alpha value is -3.12. The lowest BCUT2D eigenvalue weighted by Gasteiger charge is -2.38. The van der Waals surface area contributed by atoms with Crippen molar-refractivity contribution in [3.05, 3.63) is 40.4 Å². The smallest absolute Gasteiger partial charge is 0.416 e. The average Bonchev–Trinajstić information content (AvgIpc) is 3.48. The van der Waals surface area contributed by atoms with Gasteiger partial charge in [0, 0.05) is 43.5 Å². The molecule has 5 aliphatic rings. The van der Waals surface area contributed by atoms with Gasteiger partial charge in [0.05, 0.1) is 12.1 Å². The second-order valence-electron chi connectivity index (χ2n) is 11.9. The predicted molar refractivity (Wildman–Crippen MR) is 148 cm³/mol. The molecule has 5 N–H and O–H groups in total. The summed E-state index contributed by atoms with van der Waals surface area (Å²) in [6.07, 6.45) is 3.81. The van der Waals surface area contributed by atoms with Gasteiger partial charge in [0.25, 0.3) is 5.91 Å². The summed E-state index contributed by atoms with van der Waals surface area (Å²) in [5, 5.41) is 3.39. The predicted octanol–water partition coefficient (Wildman–Crippen LogP) is 2.60. The topological polar surface area (TPSA) is 145 Å². The highest BCUT2D eigenvalue weighted by molar-refractivity contribution is 6.31. The number of rotatable bonds is 6. The lowest BCUT2D eigenvalue weighted by atomic mass is 9.90. The number of anilines is 2. The van der Waals surface area contributed by atoms with Gasteiger partial charge in [0.2, 0.25) is 0 Å². The number of benzene rings is 1. The minimum Gasteiger partial charge on any atom is -0.492 e. The average molecular weight is 569 g/mol. The quantitative estimate of drug-likeness (QED) is 0.478. The molecule has 11 nitrogen and oxygen atoms in total. The maximum absolute atomic E-state index is 12.9. The van der Waals surface area contributed by atoms with Gasteiger partial charge in [0.15, 0.2) is 18.2 Å². The minimum atomic E-state index is -0.566. The third-order valence-corrected chi connectivity index (χ3v) is 9.26. The maximum Gasteiger partial charge on any atom is 0.416 e. The van der Waals surface area contributed by atoms with Gasteiger partial charge in [-0.15, -0.1) is 0 Å². The molecule has 0 unspecified atom stereocenters. The summed E-state index contributed by atoms with van der Waals surface area (Å²) in [6, 6.07) is 7.21. The molecule has 212 valence electrons. The molecule has 1 saturated carbocycles. The molecular weight excluding hydrogens is 536 g/mol. The monoisotopic (exact) mass is 568 g/mol. The first-order chi connectivity index (χ1) is 19.2. The SMILES string of the molecule is N[C@@H]1c2cc(OCC3(N)CC3)cc(Cl)c2C[C@H]1CN1CCC2(CC1)CN(c1ccc3c(n1)NC(=O)CO3)C(=O)O2. The fraction of sp³-hybridized carbons (Fsp3) is 0.536. The lowest BCUT2D eigenvalue weighted by molar-refractivity contribution is -0.118. The summed E-state index contributed by atoms with van der Waals surface area (Å²) < 4.78 is 17.3. The number of nitrogens with two attached hydrogens (primary N) is 2. The van der Waals surface area contributed by atoms with E-state index in [4.69, 9.17) is 37.3 Å². The third-order valence-electron chi connectivity index (χ3n) is 8.92. The highest BCUT2D eigenvalue weighted by Crippen LogP contribution is 2.43. The molecule has 1 spiro atoms. The molecule has 1 aromatic carbocycles. The molecule has 2 aromatic rings. The molecule has 4 heterocycles. The molecule has 2 saturated heterocycles. The van der Waals surface area contributed by atoms with Crippen molar-refractivity contribution in [2.45, 2.75) is 49.3 Å². The Morgan fingerprint density at radius 2 is 1.98 bits per heavy atom. The fourth-order valence-electron chi connectivity index (χ4n) is 6.22. The number of hydrogen-bond donors (Lipinski definition) is 3. The summed E-state index contributed by atoms with van der Waals surface area (Å²) in [4.78, 5) is 32.9. The molecule has 12 heteroatoms. The van der Waals surface area contributed by atoms with Gasteiger partial charge >= 0.3 is 6.09 Å². The number of ether oxygens (including phenoxy) is 3. The number of carbonyl (C=O) groups is 2. The highest BCUT2D eigenvalue weighted by atomic mass is 35.5. The van der Waals surface area contributed by atoms with Crippen LogP contribution in [-0.2, 0) is 16.0 Å². The number of fused-ring (bicyclic) bond motifs is 2. The van der Waals surface area contributed by atoms with Gasteiger partial charge in [-0.25, -0.2) is 9.78 Å². The molecule has 1 aromatic heterocycles. The number of pyridine rings is 1. The number of nitrogens with zero attached hydrogens (tertiary/aromatic N) is 3. The molecular formula is C28H33ClN6O5. The van der Waals surface area contributed by atoms with Crippen LogP contribution >= 0.6 is 11.6 Å². The van der Waals surface area contributed by atoms with E-state index in [-0.39, 0.29) is 30.0 Å². The van der Waals surface area contributed by atoms with Gasteiger partial charge in [0.1, 0.15) is 23.8 Å². The Kier molecular flexibility index (Phi) is 6.12. The number of likely N-dealkylation sites (tertiary alicyclic amines) is 1. The van der Waals surface area contributed by atoms with Crippen molar-refractivity contribution < 1.29 is 23.8 Å². The molecule has 0 bridgehead atoms. The van der Waals surface area contributed by atoms with E-state index < -0.39 is 11.7 Å². The van der Waals surface area contributed by atoms with Crippen molar-refractivity contribution in [3.8, 4) is 11.5 Å². The standard InChI is InChI=1S/C28H33ClN6O5/c29-20-11-17(39-15-27(31)3-4-27)10-19-18(20)9-16(24(19)30)12-34-7-5-28(6-8-34)14-35(26(37)40-28)22-2-1-21-25(32-22)33-23(36)13-38-21/h1-2,10-11,16,24H,3-9,12-15,30-31H2,(H,32,33,36)/t16-,24-/m0/s1. The molecule has 40 heavy (non-hydrogen) atoms. The second-order valence-corrected chi connectivity index (χ2v) is 12.3.